The van der Waals surface area contributed by atoms with Crippen molar-refractivity contribution in [2.75, 3.05) is 24.5 Å². The molecule has 1 aromatic rings. The third-order valence-electron chi connectivity index (χ3n) is 3.88. The molecular weight excluding hydrogens is 220 g/mol. The highest BCUT2D eigenvalue weighted by Crippen LogP contribution is 2.17. The number of anilines is 1. The quantitative estimate of drug-likeness (QED) is 0.876. The second-order valence-corrected chi connectivity index (χ2v) is 5.37. The molecule has 1 atom stereocenters. The Morgan fingerprint density at radius 2 is 1.94 bits per heavy atom. The maximum absolute atomic E-state index is 3.69. The van der Waals surface area contributed by atoms with Crippen molar-refractivity contribution in [3.8, 4) is 0 Å². The van der Waals surface area contributed by atoms with Crippen LogP contribution >= 0.6 is 0 Å². The average Bonchev–Trinajstić information content (AvgIpc) is 2.66. The highest BCUT2D eigenvalue weighted by molar-refractivity contribution is 5.47. The van der Waals surface area contributed by atoms with Crippen LogP contribution in [0.2, 0.25) is 0 Å². The van der Waals surface area contributed by atoms with Gasteiger partial charge in [-0.2, -0.15) is 0 Å². The maximum atomic E-state index is 3.69. The highest BCUT2D eigenvalue weighted by atomic mass is 15.1. The van der Waals surface area contributed by atoms with E-state index in [0.717, 1.165) is 13.1 Å². The first-order valence-corrected chi connectivity index (χ1v) is 7.34. The summed E-state index contributed by atoms with van der Waals surface area (Å²) in [5.41, 5.74) is 2.69. The minimum Gasteiger partial charge on any atom is -0.370 e. The lowest BCUT2D eigenvalue weighted by Gasteiger charge is -2.28. The molecule has 1 fully saturated rings. The zero-order valence-electron chi connectivity index (χ0n) is 11.8. The summed E-state index contributed by atoms with van der Waals surface area (Å²) in [6.45, 7) is 7.81. The summed E-state index contributed by atoms with van der Waals surface area (Å²) >= 11 is 0. The van der Waals surface area contributed by atoms with E-state index in [4.69, 9.17) is 0 Å². The van der Waals surface area contributed by atoms with Crippen LogP contribution in [-0.2, 0) is 0 Å². The van der Waals surface area contributed by atoms with Crippen molar-refractivity contribution >= 4 is 5.69 Å². The number of rotatable bonds is 4. The molecule has 0 aliphatic carbocycles. The van der Waals surface area contributed by atoms with Crippen molar-refractivity contribution < 1.29 is 0 Å². The van der Waals surface area contributed by atoms with Gasteiger partial charge in [-0.25, -0.2) is 0 Å². The Hall–Kier alpha value is -1.02. The Kier molecular flexibility index (Phi) is 5.06. The van der Waals surface area contributed by atoms with Gasteiger partial charge in [0.2, 0.25) is 0 Å². The number of aryl methyl sites for hydroxylation is 1. The summed E-state index contributed by atoms with van der Waals surface area (Å²) < 4.78 is 0. The zero-order chi connectivity index (χ0) is 12.8. The molecule has 1 aliphatic heterocycles. The molecule has 100 valence electrons. The first-order valence-electron chi connectivity index (χ1n) is 7.34. The molecule has 2 heteroatoms. The van der Waals surface area contributed by atoms with Crippen LogP contribution in [0.1, 0.15) is 38.2 Å². The summed E-state index contributed by atoms with van der Waals surface area (Å²) in [6, 6.07) is 9.57. The van der Waals surface area contributed by atoms with Crippen molar-refractivity contribution in [2.45, 2.75) is 45.6 Å². The van der Waals surface area contributed by atoms with Gasteiger partial charge in [-0.1, -0.05) is 30.5 Å². The van der Waals surface area contributed by atoms with E-state index < -0.39 is 0 Å². The van der Waals surface area contributed by atoms with Crippen molar-refractivity contribution in [1.82, 2.24) is 5.32 Å². The van der Waals surface area contributed by atoms with Gasteiger partial charge in [0.15, 0.2) is 0 Å². The fourth-order valence-corrected chi connectivity index (χ4v) is 2.70. The van der Waals surface area contributed by atoms with Crippen LogP contribution in [0.25, 0.3) is 0 Å². The van der Waals surface area contributed by atoms with Crippen LogP contribution in [0.3, 0.4) is 0 Å². The third kappa shape index (κ3) is 3.74. The van der Waals surface area contributed by atoms with Crippen LogP contribution in [0, 0.1) is 6.92 Å². The topological polar surface area (TPSA) is 15.3 Å². The molecule has 0 aromatic heterocycles. The number of nitrogens with one attached hydrogen (secondary N) is 1. The number of hydrogen-bond donors (Lipinski definition) is 1. The largest absolute Gasteiger partial charge is 0.370 e. The summed E-state index contributed by atoms with van der Waals surface area (Å²) in [4.78, 5) is 2.49. The van der Waals surface area contributed by atoms with Gasteiger partial charge in [0.25, 0.3) is 0 Å². The van der Waals surface area contributed by atoms with E-state index in [-0.39, 0.29) is 0 Å². The maximum Gasteiger partial charge on any atom is 0.0366 e. The lowest BCUT2D eigenvalue weighted by atomic mass is 10.1. The van der Waals surface area contributed by atoms with E-state index in [9.17, 15) is 0 Å². The summed E-state index contributed by atoms with van der Waals surface area (Å²) in [5.74, 6) is 0. The van der Waals surface area contributed by atoms with Gasteiger partial charge in [0.1, 0.15) is 0 Å². The highest BCUT2D eigenvalue weighted by Gasteiger charge is 2.15. The second kappa shape index (κ2) is 6.79. The van der Waals surface area contributed by atoms with Crippen LogP contribution in [0.15, 0.2) is 24.3 Å². The van der Waals surface area contributed by atoms with Gasteiger partial charge in [0.05, 0.1) is 0 Å². The Morgan fingerprint density at radius 3 is 2.67 bits per heavy atom. The normalized spacial score (nSPS) is 20.4. The minimum atomic E-state index is 0.661. The number of benzene rings is 1. The molecule has 0 bridgehead atoms. The Bertz CT molecular complexity index is 337. The van der Waals surface area contributed by atoms with Gasteiger partial charge in [-0.05, 0) is 45.4 Å². The van der Waals surface area contributed by atoms with Gasteiger partial charge >= 0.3 is 0 Å². The summed E-state index contributed by atoms with van der Waals surface area (Å²) in [5, 5.41) is 3.69. The van der Waals surface area contributed by atoms with Crippen LogP contribution in [0.4, 0.5) is 5.69 Å². The second-order valence-electron chi connectivity index (χ2n) is 5.37. The molecule has 1 aromatic carbocycles. The lowest BCUT2D eigenvalue weighted by molar-refractivity contribution is 0.503. The van der Waals surface area contributed by atoms with Gasteiger partial charge in [0, 0.05) is 24.8 Å². The molecule has 0 spiro atoms. The van der Waals surface area contributed by atoms with Crippen molar-refractivity contribution in [3.63, 3.8) is 0 Å². The Balaban J connectivity index is 1.97. The van der Waals surface area contributed by atoms with Gasteiger partial charge < -0.3 is 10.2 Å². The number of likely N-dealkylation sites (N-methyl/N-ethyl adjacent to an activating group) is 1. The first kappa shape index (κ1) is 13.4. The lowest BCUT2D eigenvalue weighted by Crippen LogP contribution is -2.40. The molecule has 0 amide bonds. The van der Waals surface area contributed by atoms with E-state index in [1.807, 2.05) is 0 Å². The molecular formula is C16H26N2. The minimum absolute atomic E-state index is 0.661. The first-order chi connectivity index (χ1) is 8.79. The van der Waals surface area contributed by atoms with Gasteiger partial charge in [-0.3, -0.25) is 0 Å². The smallest absolute Gasteiger partial charge is 0.0366 e. The van der Waals surface area contributed by atoms with Gasteiger partial charge in [-0.15, -0.1) is 0 Å². The van der Waals surface area contributed by atoms with Crippen molar-refractivity contribution in [2.24, 2.45) is 0 Å². The molecule has 1 heterocycles. The van der Waals surface area contributed by atoms with E-state index in [0.29, 0.717) is 6.04 Å². The molecule has 1 N–H and O–H groups in total. The number of nitrogens with zero attached hydrogens (tertiary/aromatic N) is 1. The van der Waals surface area contributed by atoms with Crippen LogP contribution in [0.5, 0.6) is 0 Å². The molecule has 2 rings (SSSR count). The Morgan fingerprint density at radius 1 is 1.17 bits per heavy atom. The zero-order valence-corrected chi connectivity index (χ0v) is 11.8. The summed E-state index contributed by atoms with van der Waals surface area (Å²) in [6.07, 6.45) is 5.43. The standard InChI is InChI=1S/C16H26N2/c1-3-18(16-10-8-14(2)9-11-16)13-15-7-5-4-6-12-17-15/h8-11,15,17H,3-7,12-13H2,1-2H3. The van der Waals surface area contributed by atoms with Crippen molar-refractivity contribution in [1.29, 1.82) is 0 Å². The number of hydrogen-bond acceptors (Lipinski definition) is 2. The fourth-order valence-electron chi connectivity index (χ4n) is 2.70. The molecule has 0 saturated carbocycles. The Labute approximate surface area is 111 Å². The SMILES string of the molecule is CCN(CC1CCCCCN1)c1ccc(C)cc1. The van der Waals surface area contributed by atoms with E-state index >= 15 is 0 Å². The fraction of sp³-hybridized carbons (Fsp3) is 0.625. The molecule has 1 unspecified atom stereocenters. The van der Waals surface area contributed by atoms with E-state index in [2.05, 4.69) is 48.3 Å². The van der Waals surface area contributed by atoms with Crippen LogP contribution in [-0.4, -0.2) is 25.7 Å². The molecule has 1 aliphatic rings. The van der Waals surface area contributed by atoms with E-state index in [1.165, 1.54) is 43.5 Å². The predicted molar refractivity (Wildman–Crippen MR) is 79.3 cm³/mol. The average molecular weight is 246 g/mol. The molecule has 2 nitrogen and oxygen atoms in total. The third-order valence-corrected chi connectivity index (χ3v) is 3.88. The predicted octanol–water partition coefficient (Wildman–Crippen LogP) is 3.35. The monoisotopic (exact) mass is 246 g/mol. The molecule has 1 saturated heterocycles. The molecule has 0 radical (unpaired) electrons. The van der Waals surface area contributed by atoms with E-state index in [1.54, 1.807) is 0 Å². The summed E-state index contributed by atoms with van der Waals surface area (Å²) in [7, 11) is 0. The molecule has 18 heavy (non-hydrogen) atoms. The van der Waals surface area contributed by atoms with Crippen molar-refractivity contribution in [3.05, 3.63) is 29.8 Å². The van der Waals surface area contributed by atoms with Crippen LogP contribution < -0.4 is 10.2 Å².